The topological polar surface area (TPSA) is 86.8 Å². The van der Waals surface area contributed by atoms with Gasteiger partial charge < -0.3 is 10.2 Å². The predicted molar refractivity (Wildman–Crippen MR) is 137 cm³/mol. The highest BCUT2D eigenvalue weighted by atomic mass is 32.2. The van der Waals surface area contributed by atoms with E-state index in [9.17, 15) is 31.2 Å². The summed E-state index contributed by atoms with van der Waals surface area (Å²) in [6.07, 6.45) is -2.05. The first-order valence-electron chi connectivity index (χ1n) is 12.1. The van der Waals surface area contributed by atoms with E-state index in [-0.39, 0.29) is 43.4 Å². The molecule has 0 aliphatic carbocycles. The number of carbonyl (C=O) groups is 2. The van der Waals surface area contributed by atoms with Gasteiger partial charge in [-0.25, -0.2) is 8.42 Å². The number of hydrogen-bond acceptors (Lipinski definition) is 4. The van der Waals surface area contributed by atoms with Crippen LogP contribution in [0.15, 0.2) is 54.6 Å². The summed E-state index contributed by atoms with van der Waals surface area (Å²) in [4.78, 5) is 27.3. The Morgan fingerprint density at radius 3 is 2.30 bits per heavy atom. The van der Waals surface area contributed by atoms with Gasteiger partial charge in [0, 0.05) is 26.1 Å². The van der Waals surface area contributed by atoms with Crippen molar-refractivity contribution in [2.75, 3.05) is 23.7 Å². The van der Waals surface area contributed by atoms with Crippen LogP contribution in [0, 0.1) is 0 Å². The molecule has 0 heterocycles. The lowest BCUT2D eigenvalue weighted by molar-refractivity contribution is -0.140. The molecular formula is C26H34F3N3O4S. The summed E-state index contributed by atoms with van der Waals surface area (Å²) >= 11 is 0. The summed E-state index contributed by atoms with van der Waals surface area (Å²) in [5.74, 6) is -0.654. The number of alkyl halides is 3. The Kier molecular flexibility index (Phi) is 11.0. The number of nitrogens with one attached hydrogen (secondary N) is 1. The maximum absolute atomic E-state index is 13.2. The van der Waals surface area contributed by atoms with Gasteiger partial charge in [0.1, 0.15) is 6.04 Å². The molecule has 0 bridgehead atoms. The van der Waals surface area contributed by atoms with Gasteiger partial charge in [0.15, 0.2) is 0 Å². The van der Waals surface area contributed by atoms with Crippen LogP contribution >= 0.6 is 0 Å². The normalized spacial score (nSPS) is 12.6. The molecule has 204 valence electrons. The molecule has 2 aromatic carbocycles. The number of sulfonamides is 1. The molecule has 2 rings (SSSR count). The molecule has 0 spiro atoms. The zero-order chi connectivity index (χ0) is 27.6. The van der Waals surface area contributed by atoms with Crippen LogP contribution in [0.3, 0.4) is 0 Å². The first kappa shape index (κ1) is 30.1. The van der Waals surface area contributed by atoms with E-state index in [0.29, 0.717) is 6.54 Å². The Balaban J connectivity index is 2.16. The third kappa shape index (κ3) is 9.38. The molecule has 0 aliphatic heterocycles. The van der Waals surface area contributed by atoms with Crippen molar-refractivity contribution in [3.05, 3.63) is 65.7 Å². The lowest BCUT2D eigenvalue weighted by Crippen LogP contribution is -2.47. The van der Waals surface area contributed by atoms with E-state index in [4.69, 9.17) is 0 Å². The van der Waals surface area contributed by atoms with Crippen LogP contribution in [0.5, 0.6) is 0 Å². The molecule has 0 saturated carbocycles. The minimum absolute atomic E-state index is 0.0532. The molecule has 11 heteroatoms. The second-order valence-electron chi connectivity index (χ2n) is 8.81. The van der Waals surface area contributed by atoms with Crippen molar-refractivity contribution in [2.45, 2.75) is 58.3 Å². The molecule has 0 fully saturated rings. The highest BCUT2D eigenvalue weighted by Crippen LogP contribution is 2.32. The number of amides is 2. The van der Waals surface area contributed by atoms with Crippen molar-refractivity contribution in [3.8, 4) is 0 Å². The number of rotatable bonds is 13. The first-order valence-corrected chi connectivity index (χ1v) is 14.0. The molecule has 0 saturated heterocycles. The van der Waals surface area contributed by atoms with E-state index in [1.54, 1.807) is 6.92 Å². The minimum Gasteiger partial charge on any atom is -0.354 e. The van der Waals surface area contributed by atoms with Gasteiger partial charge in [-0.2, -0.15) is 13.2 Å². The number of carbonyl (C=O) groups excluding carboxylic acids is 2. The Morgan fingerprint density at radius 2 is 1.70 bits per heavy atom. The smallest absolute Gasteiger partial charge is 0.354 e. The lowest BCUT2D eigenvalue weighted by Gasteiger charge is -2.29. The van der Waals surface area contributed by atoms with Gasteiger partial charge in [-0.1, -0.05) is 49.7 Å². The van der Waals surface area contributed by atoms with Crippen LogP contribution in [0.25, 0.3) is 0 Å². The summed E-state index contributed by atoms with van der Waals surface area (Å²) in [7, 11) is -3.91. The second-order valence-corrected chi connectivity index (χ2v) is 10.7. The fourth-order valence-electron chi connectivity index (χ4n) is 3.74. The Hall–Kier alpha value is -3.08. The van der Waals surface area contributed by atoms with Crippen molar-refractivity contribution in [1.29, 1.82) is 0 Å². The van der Waals surface area contributed by atoms with Gasteiger partial charge in [0.2, 0.25) is 21.8 Å². The largest absolute Gasteiger partial charge is 0.416 e. The molecule has 7 nitrogen and oxygen atoms in total. The van der Waals surface area contributed by atoms with Crippen LogP contribution < -0.4 is 9.62 Å². The molecule has 0 aliphatic rings. The maximum Gasteiger partial charge on any atom is 0.416 e. The average Bonchev–Trinajstić information content (AvgIpc) is 2.84. The zero-order valence-corrected chi connectivity index (χ0v) is 22.1. The summed E-state index contributed by atoms with van der Waals surface area (Å²) in [5, 5.41) is 2.83. The molecule has 1 atom stereocenters. The number of benzene rings is 2. The van der Waals surface area contributed by atoms with E-state index in [1.807, 2.05) is 37.3 Å². The van der Waals surface area contributed by atoms with E-state index in [0.717, 1.165) is 47.2 Å². The molecular weight excluding hydrogens is 507 g/mol. The van der Waals surface area contributed by atoms with Crippen molar-refractivity contribution >= 4 is 27.5 Å². The molecule has 1 N–H and O–H groups in total. The Labute approximate surface area is 216 Å². The molecule has 2 aromatic rings. The van der Waals surface area contributed by atoms with Crippen molar-refractivity contribution < 1.29 is 31.2 Å². The van der Waals surface area contributed by atoms with Crippen molar-refractivity contribution in [1.82, 2.24) is 10.2 Å². The van der Waals surface area contributed by atoms with E-state index < -0.39 is 27.8 Å². The number of nitrogens with zero attached hydrogens (tertiary/aromatic N) is 2. The van der Waals surface area contributed by atoms with Gasteiger partial charge in [-0.15, -0.1) is 0 Å². The Bertz CT molecular complexity index is 1140. The van der Waals surface area contributed by atoms with Crippen LogP contribution in [-0.4, -0.2) is 50.5 Å². The van der Waals surface area contributed by atoms with E-state index >= 15 is 0 Å². The predicted octanol–water partition coefficient (Wildman–Crippen LogP) is 4.59. The fraction of sp³-hybridized carbons (Fsp3) is 0.462. The van der Waals surface area contributed by atoms with Crippen molar-refractivity contribution in [2.24, 2.45) is 0 Å². The van der Waals surface area contributed by atoms with Crippen LogP contribution in [0.2, 0.25) is 0 Å². The lowest BCUT2D eigenvalue weighted by atomic mass is 10.1. The van der Waals surface area contributed by atoms with Gasteiger partial charge >= 0.3 is 6.18 Å². The second kappa shape index (κ2) is 13.5. The summed E-state index contributed by atoms with van der Waals surface area (Å²) < 4.78 is 65.0. The standard InChI is InChI=1S/C26H34F3N3O4S/c1-4-5-16-30-25(34)20(2)31(19-21-11-7-6-8-12-21)24(33)15-10-17-32(37(3,35)36)23-14-9-13-22(18-23)26(27,28)29/h6-9,11-14,18,20H,4-5,10,15-17,19H2,1-3H3,(H,30,34)/t20-/m1/s1. The molecule has 0 radical (unpaired) electrons. The summed E-state index contributed by atoms with van der Waals surface area (Å²) in [5.41, 5.74) is -0.271. The zero-order valence-electron chi connectivity index (χ0n) is 21.3. The van der Waals surface area contributed by atoms with Gasteiger partial charge in [0.05, 0.1) is 17.5 Å². The summed E-state index contributed by atoms with van der Waals surface area (Å²) in [6.45, 7) is 4.12. The van der Waals surface area contributed by atoms with Crippen LogP contribution in [0.4, 0.5) is 18.9 Å². The maximum atomic E-state index is 13.2. The molecule has 0 unspecified atom stereocenters. The van der Waals surface area contributed by atoms with Crippen LogP contribution in [0.1, 0.15) is 50.7 Å². The Morgan fingerprint density at radius 1 is 1.03 bits per heavy atom. The first-order chi connectivity index (χ1) is 17.3. The summed E-state index contributed by atoms with van der Waals surface area (Å²) in [6, 6.07) is 12.4. The quantitative estimate of drug-likeness (QED) is 0.376. The number of unbranched alkanes of at least 4 members (excludes halogenated alkanes) is 1. The monoisotopic (exact) mass is 541 g/mol. The molecule has 37 heavy (non-hydrogen) atoms. The van der Waals surface area contributed by atoms with Gasteiger partial charge in [-0.3, -0.25) is 13.9 Å². The molecule has 0 aromatic heterocycles. The SMILES string of the molecule is CCCCNC(=O)[C@@H](C)N(Cc1ccccc1)C(=O)CCCN(c1cccc(C(F)(F)F)c1)S(C)(=O)=O. The van der Waals surface area contributed by atoms with E-state index in [2.05, 4.69) is 5.32 Å². The number of halogens is 3. The average molecular weight is 542 g/mol. The minimum atomic E-state index is -4.62. The third-order valence-electron chi connectivity index (χ3n) is 5.81. The number of anilines is 1. The fourth-order valence-corrected chi connectivity index (χ4v) is 4.70. The van der Waals surface area contributed by atoms with Gasteiger partial charge in [0.25, 0.3) is 0 Å². The highest BCUT2D eigenvalue weighted by Gasteiger charge is 2.32. The highest BCUT2D eigenvalue weighted by molar-refractivity contribution is 7.92. The molecule has 2 amide bonds. The van der Waals surface area contributed by atoms with E-state index in [1.165, 1.54) is 11.0 Å². The third-order valence-corrected chi connectivity index (χ3v) is 7.00. The number of hydrogen-bond donors (Lipinski definition) is 1. The van der Waals surface area contributed by atoms with Gasteiger partial charge in [-0.05, 0) is 43.5 Å². The van der Waals surface area contributed by atoms with Crippen LogP contribution in [-0.2, 0) is 32.3 Å². The van der Waals surface area contributed by atoms with Crippen molar-refractivity contribution in [3.63, 3.8) is 0 Å².